The Bertz CT molecular complexity index is 652. The third-order valence-electron chi connectivity index (χ3n) is 6.57. The standard InChI is InChI=1S/C29H48O4/c1-3-5-6-7-8-9-10-11-12-13-14-17-27(30)29(33,23-4-2)24-26-21-19-25(20-22-26)16-15-18-28(31)32/h19-22,33H,3-18,23-24H2,1-2H3,(H,31,32). The molecule has 0 aromatic heterocycles. The van der Waals surface area contributed by atoms with Crippen LogP contribution in [0, 0.1) is 0 Å². The van der Waals surface area contributed by atoms with E-state index in [1.54, 1.807) is 0 Å². The molecular formula is C29H48O4. The fraction of sp³-hybridized carbons (Fsp3) is 0.724. The minimum atomic E-state index is -1.28. The number of unbranched alkanes of at least 4 members (excludes halogenated alkanes) is 10. The molecule has 1 rings (SSSR count). The zero-order chi connectivity index (χ0) is 24.4. The average molecular weight is 461 g/mol. The number of carbonyl (C=O) groups is 2. The number of aliphatic hydroxyl groups is 1. The van der Waals surface area contributed by atoms with E-state index in [0.717, 1.165) is 36.8 Å². The van der Waals surface area contributed by atoms with Crippen LogP contribution in [0.4, 0.5) is 0 Å². The van der Waals surface area contributed by atoms with Crippen LogP contribution in [0.1, 0.15) is 128 Å². The number of aliphatic carboxylic acids is 1. The Hall–Kier alpha value is -1.68. The van der Waals surface area contributed by atoms with Gasteiger partial charge in [0.1, 0.15) is 5.60 Å². The van der Waals surface area contributed by atoms with E-state index in [1.165, 1.54) is 57.8 Å². The molecule has 0 aliphatic carbocycles. The Labute approximate surface area is 202 Å². The van der Waals surface area contributed by atoms with Gasteiger partial charge in [0.05, 0.1) is 0 Å². The molecule has 1 unspecified atom stereocenters. The molecule has 0 saturated heterocycles. The summed E-state index contributed by atoms with van der Waals surface area (Å²) in [6, 6.07) is 7.90. The number of carboxylic acids is 1. The molecule has 0 radical (unpaired) electrons. The van der Waals surface area contributed by atoms with Gasteiger partial charge >= 0.3 is 5.97 Å². The number of ketones is 1. The zero-order valence-corrected chi connectivity index (χ0v) is 21.2. The third kappa shape index (κ3) is 13.6. The lowest BCUT2D eigenvalue weighted by atomic mass is 9.84. The number of aryl methyl sites for hydroxylation is 1. The second kappa shape index (κ2) is 17.8. The molecule has 0 spiro atoms. The van der Waals surface area contributed by atoms with Gasteiger partial charge in [0, 0.05) is 19.3 Å². The molecule has 0 bridgehead atoms. The lowest BCUT2D eigenvalue weighted by molar-refractivity contribution is -0.138. The van der Waals surface area contributed by atoms with Crippen LogP contribution in [0.3, 0.4) is 0 Å². The maximum absolute atomic E-state index is 12.9. The van der Waals surface area contributed by atoms with E-state index >= 15 is 0 Å². The maximum Gasteiger partial charge on any atom is 0.303 e. The molecule has 1 atom stereocenters. The van der Waals surface area contributed by atoms with Crippen molar-refractivity contribution in [2.45, 2.75) is 135 Å². The third-order valence-corrected chi connectivity index (χ3v) is 6.57. The van der Waals surface area contributed by atoms with Crippen molar-refractivity contribution in [2.24, 2.45) is 0 Å². The summed E-state index contributed by atoms with van der Waals surface area (Å²) in [6.07, 6.45) is 17.3. The van der Waals surface area contributed by atoms with Gasteiger partial charge in [0.15, 0.2) is 5.78 Å². The average Bonchev–Trinajstić information content (AvgIpc) is 2.78. The van der Waals surface area contributed by atoms with E-state index in [0.29, 0.717) is 25.7 Å². The van der Waals surface area contributed by atoms with Crippen molar-refractivity contribution in [3.05, 3.63) is 35.4 Å². The highest BCUT2D eigenvalue weighted by atomic mass is 16.4. The van der Waals surface area contributed by atoms with E-state index in [9.17, 15) is 14.7 Å². The summed E-state index contributed by atoms with van der Waals surface area (Å²) < 4.78 is 0. The van der Waals surface area contributed by atoms with Gasteiger partial charge in [-0.1, -0.05) is 109 Å². The van der Waals surface area contributed by atoms with Crippen molar-refractivity contribution in [2.75, 3.05) is 0 Å². The molecule has 0 fully saturated rings. The van der Waals surface area contributed by atoms with Crippen molar-refractivity contribution >= 4 is 11.8 Å². The minimum Gasteiger partial charge on any atom is -0.481 e. The van der Waals surface area contributed by atoms with E-state index in [-0.39, 0.29) is 12.2 Å². The molecule has 33 heavy (non-hydrogen) atoms. The van der Waals surface area contributed by atoms with Gasteiger partial charge in [-0.25, -0.2) is 0 Å². The van der Waals surface area contributed by atoms with E-state index in [2.05, 4.69) is 6.92 Å². The van der Waals surface area contributed by atoms with E-state index in [1.807, 2.05) is 31.2 Å². The van der Waals surface area contributed by atoms with Crippen molar-refractivity contribution in [3.63, 3.8) is 0 Å². The number of hydrogen-bond donors (Lipinski definition) is 2. The van der Waals surface area contributed by atoms with Gasteiger partial charge in [-0.2, -0.15) is 0 Å². The topological polar surface area (TPSA) is 74.6 Å². The first-order valence-corrected chi connectivity index (χ1v) is 13.5. The fourth-order valence-electron chi connectivity index (χ4n) is 4.53. The number of Topliss-reactive ketones (excluding diaryl/α,β-unsaturated/α-hetero) is 1. The first kappa shape index (κ1) is 29.4. The summed E-state index contributed by atoms with van der Waals surface area (Å²) in [4.78, 5) is 23.5. The van der Waals surface area contributed by atoms with Crippen molar-refractivity contribution in [3.8, 4) is 0 Å². The van der Waals surface area contributed by atoms with Gasteiger partial charge < -0.3 is 10.2 Å². The minimum absolute atomic E-state index is 0.0224. The Balaban J connectivity index is 2.34. The van der Waals surface area contributed by atoms with Crippen LogP contribution in [-0.2, 0) is 22.4 Å². The summed E-state index contributed by atoms with van der Waals surface area (Å²) >= 11 is 0. The summed E-state index contributed by atoms with van der Waals surface area (Å²) in [7, 11) is 0. The Morgan fingerprint density at radius 3 is 1.73 bits per heavy atom. The number of hydrogen-bond acceptors (Lipinski definition) is 3. The van der Waals surface area contributed by atoms with Crippen molar-refractivity contribution in [1.29, 1.82) is 0 Å². The summed E-state index contributed by atoms with van der Waals surface area (Å²) in [5, 5.41) is 19.9. The Morgan fingerprint density at radius 1 is 0.697 bits per heavy atom. The largest absolute Gasteiger partial charge is 0.481 e. The summed E-state index contributed by atoms with van der Waals surface area (Å²) in [6.45, 7) is 4.26. The molecule has 4 nitrogen and oxygen atoms in total. The van der Waals surface area contributed by atoms with Crippen LogP contribution in [0.15, 0.2) is 24.3 Å². The predicted octanol–water partition coefficient (Wildman–Crippen LogP) is 7.44. The molecule has 0 saturated carbocycles. The molecule has 0 aliphatic heterocycles. The molecule has 2 N–H and O–H groups in total. The van der Waals surface area contributed by atoms with Crippen LogP contribution in [0.2, 0.25) is 0 Å². The van der Waals surface area contributed by atoms with Gasteiger partial charge in [-0.3, -0.25) is 9.59 Å². The van der Waals surface area contributed by atoms with Crippen LogP contribution in [0.25, 0.3) is 0 Å². The number of carboxylic acid groups (broad SMARTS) is 1. The monoisotopic (exact) mass is 460 g/mol. The lowest BCUT2D eigenvalue weighted by Gasteiger charge is -2.27. The molecule has 1 aromatic carbocycles. The number of benzene rings is 1. The van der Waals surface area contributed by atoms with Gasteiger partial charge in [-0.05, 0) is 36.8 Å². The van der Waals surface area contributed by atoms with E-state index < -0.39 is 11.6 Å². The van der Waals surface area contributed by atoms with Crippen LogP contribution in [0.5, 0.6) is 0 Å². The fourth-order valence-corrected chi connectivity index (χ4v) is 4.53. The lowest BCUT2D eigenvalue weighted by Crippen LogP contribution is -2.40. The SMILES string of the molecule is CCCCCCCCCCCCCC(=O)C(O)(CCC)Cc1ccc(CCCC(=O)O)cc1. The Morgan fingerprint density at radius 2 is 1.21 bits per heavy atom. The van der Waals surface area contributed by atoms with Crippen LogP contribution < -0.4 is 0 Å². The van der Waals surface area contributed by atoms with E-state index in [4.69, 9.17) is 5.11 Å². The molecule has 0 heterocycles. The zero-order valence-electron chi connectivity index (χ0n) is 21.2. The second-order valence-electron chi connectivity index (χ2n) is 9.73. The normalized spacial score (nSPS) is 13.1. The van der Waals surface area contributed by atoms with Crippen LogP contribution >= 0.6 is 0 Å². The second-order valence-corrected chi connectivity index (χ2v) is 9.73. The van der Waals surface area contributed by atoms with Crippen LogP contribution in [-0.4, -0.2) is 27.6 Å². The number of carbonyl (C=O) groups excluding carboxylic acids is 1. The number of rotatable bonds is 21. The van der Waals surface area contributed by atoms with Gasteiger partial charge in [0.2, 0.25) is 0 Å². The molecular weight excluding hydrogens is 412 g/mol. The molecule has 4 heteroatoms. The molecule has 188 valence electrons. The first-order valence-electron chi connectivity index (χ1n) is 13.5. The highest BCUT2D eigenvalue weighted by molar-refractivity contribution is 5.87. The maximum atomic E-state index is 12.9. The molecule has 0 amide bonds. The van der Waals surface area contributed by atoms with Gasteiger partial charge in [-0.15, -0.1) is 0 Å². The molecule has 1 aromatic rings. The molecule has 0 aliphatic rings. The van der Waals surface area contributed by atoms with Crippen molar-refractivity contribution in [1.82, 2.24) is 0 Å². The van der Waals surface area contributed by atoms with Crippen molar-refractivity contribution < 1.29 is 19.8 Å². The predicted molar refractivity (Wildman–Crippen MR) is 137 cm³/mol. The highest BCUT2D eigenvalue weighted by Gasteiger charge is 2.34. The summed E-state index contributed by atoms with van der Waals surface area (Å²) in [5.74, 6) is -0.793. The smallest absolute Gasteiger partial charge is 0.303 e. The first-order chi connectivity index (χ1) is 15.9. The summed E-state index contributed by atoms with van der Waals surface area (Å²) in [5.41, 5.74) is 0.768. The Kier molecular flexibility index (Phi) is 15.8. The van der Waals surface area contributed by atoms with Gasteiger partial charge in [0.25, 0.3) is 0 Å². The quantitative estimate of drug-likeness (QED) is 0.187. The highest BCUT2D eigenvalue weighted by Crippen LogP contribution is 2.24.